The van der Waals surface area contributed by atoms with Crippen LogP contribution in [0.15, 0.2) is 42.5 Å². The van der Waals surface area contributed by atoms with Gasteiger partial charge in [-0.3, -0.25) is 0 Å². The SMILES string of the molecule is CC=CCCOCCCc1ccccc1. The Morgan fingerprint density at radius 2 is 1.93 bits per heavy atom. The Labute approximate surface area is 92.8 Å². The van der Waals surface area contributed by atoms with Gasteiger partial charge in [0.2, 0.25) is 0 Å². The predicted molar refractivity (Wildman–Crippen MR) is 65.0 cm³/mol. The quantitative estimate of drug-likeness (QED) is 0.487. The van der Waals surface area contributed by atoms with E-state index in [1.165, 1.54) is 5.56 Å². The molecular formula is C14H20O. The molecule has 1 aromatic carbocycles. The van der Waals surface area contributed by atoms with Crippen molar-refractivity contribution < 1.29 is 4.74 Å². The van der Waals surface area contributed by atoms with Crippen molar-refractivity contribution in [2.45, 2.75) is 26.2 Å². The smallest absolute Gasteiger partial charge is 0.0500 e. The van der Waals surface area contributed by atoms with Gasteiger partial charge < -0.3 is 4.74 Å². The molecule has 0 aliphatic carbocycles. The predicted octanol–water partition coefficient (Wildman–Crippen LogP) is 3.60. The van der Waals surface area contributed by atoms with Gasteiger partial charge in [0, 0.05) is 6.61 Å². The van der Waals surface area contributed by atoms with Gasteiger partial charge in [-0.05, 0) is 31.7 Å². The lowest BCUT2D eigenvalue weighted by atomic mass is 10.1. The van der Waals surface area contributed by atoms with E-state index in [1.807, 2.05) is 6.92 Å². The van der Waals surface area contributed by atoms with Gasteiger partial charge in [-0.25, -0.2) is 0 Å². The average Bonchev–Trinajstić information content (AvgIpc) is 2.29. The average molecular weight is 204 g/mol. The van der Waals surface area contributed by atoms with Gasteiger partial charge in [0.25, 0.3) is 0 Å². The maximum Gasteiger partial charge on any atom is 0.0500 e. The molecule has 0 aliphatic rings. The van der Waals surface area contributed by atoms with E-state index >= 15 is 0 Å². The van der Waals surface area contributed by atoms with E-state index in [2.05, 4.69) is 42.5 Å². The summed E-state index contributed by atoms with van der Waals surface area (Å²) in [7, 11) is 0. The summed E-state index contributed by atoms with van der Waals surface area (Å²) in [4.78, 5) is 0. The maximum absolute atomic E-state index is 5.51. The van der Waals surface area contributed by atoms with E-state index in [1.54, 1.807) is 0 Å². The van der Waals surface area contributed by atoms with Crippen LogP contribution in [0.1, 0.15) is 25.3 Å². The first-order chi connectivity index (χ1) is 7.43. The minimum absolute atomic E-state index is 0.846. The van der Waals surface area contributed by atoms with Gasteiger partial charge in [0.1, 0.15) is 0 Å². The molecule has 1 nitrogen and oxygen atoms in total. The molecule has 0 bridgehead atoms. The molecule has 0 atom stereocenters. The second kappa shape index (κ2) is 8.25. The molecule has 0 aliphatic heterocycles. The summed E-state index contributed by atoms with van der Waals surface area (Å²) in [5.41, 5.74) is 1.40. The van der Waals surface area contributed by atoms with Crippen molar-refractivity contribution in [3.8, 4) is 0 Å². The zero-order valence-corrected chi connectivity index (χ0v) is 9.49. The lowest BCUT2D eigenvalue weighted by Crippen LogP contribution is -1.97. The Bertz CT molecular complexity index is 264. The molecule has 0 aromatic heterocycles. The molecule has 0 unspecified atom stereocenters. The van der Waals surface area contributed by atoms with Crippen LogP contribution in [0.5, 0.6) is 0 Å². The molecule has 0 saturated carbocycles. The van der Waals surface area contributed by atoms with E-state index in [-0.39, 0.29) is 0 Å². The van der Waals surface area contributed by atoms with Crippen LogP contribution in [0.4, 0.5) is 0 Å². The van der Waals surface area contributed by atoms with Crippen LogP contribution in [0.2, 0.25) is 0 Å². The second-order valence-electron chi connectivity index (χ2n) is 3.56. The van der Waals surface area contributed by atoms with Gasteiger partial charge in [0.05, 0.1) is 6.61 Å². The van der Waals surface area contributed by atoms with Crippen molar-refractivity contribution in [2.75, 3.05) is 13.2 Å². The highest BCUT2D eigenvalue weighted by atomic mass is 16.5. The Hall–Kier alpha value is -1.08. The topological polar surface area (TPSA) is 9.23 Å². The molecule has 0 saturated heterocycles. The van der Waals surface area contributed by atoms with Gasteiger partial charge in [-0.15, -0.1) is 0 Å². The first kappa shape index (κ1) is 12.0. The molecule has 0 spiro atoms. The number of hydrogen-bond donors (Lipinski definition) is 0. The highest BCUT2D eigenvalue weighted by Gasteiger charge is 1.91. The largest absolute Gasteiger partial charge is 0.381 e. The molecular weight excluding hydrogens is 184 g/mol. The van der Waals surface area contributed by atoms with Crippen LogP contribution in [0.25, 0.3) is 0 Å². The van der Waals surface area contributed by atoms with Crippen LogP contribution in [0.3, 0.4) is 0 Å². The first-order valence-electron chi connectivity index (χ1n) is 5.66. The monoisotopic (exact) mass is 204 g/mol. The van der Waals surface area contributed by atoms with Gasteiger partial charge in [-0.1, -0.05) is 42.5 Å². The highest BCUT2D eigenvalue weighted by Crippen LogP contribution is 2.02. The van der Waals surface area contributed by atoms with Crippen LogP contribution in [0, 0.1) is 0 Å². The van der Waals surface area contributed by atoms with Crippen molar-refractivity contribution in [1.29, 1.82) is 0 Å². The zero-order chi connectivity index (χ0) is 10.8. The van der Waals surface area contributed by atoms with Crippen molar-refractivity contribution in [2.24, 2.45) is 0 Å². The lowest BCUT2D eigenvalue weighted by Gasteiger charge is -2.02. The summed E-state index contributed by atoms with van der Waals surface area (Å²) in [6.07, 6.45) is 7.46. The summed E-state index contributed by atoms with van der Waals surface area (Å²) < 4.78 is 5.51. The van der Waals surface area contributed by atoms with Crippen molar-refractivity contribution >= 4 is 0 Å². The number of hydrogen-bond acceptors (Lipinski definition) is 1. The Morgan fingerprint density at radius 3 is 2.67 bits per heavy atom. The molecule has 1 aromatic rings. The lowest BCUT2D eigenvalue weighted by molar-refractivity contribution is 0.136. The number of benzene rings is 1. The normalized spacial score (nSPS) is 11.0. The summed E-state index contributed by atoms with van der Waals surface area (Å²) in [5.74, 6) is 0. The molecule has 0 heterocycles. The van der Waals surface area contributed by atoms with E-state index in [0.29, 0.717) is 0 Å². The Balaban J connectivity index is 1.98. The minimum atomic E-state index is 0.846. The summed E-state index contributed by atoms with van der Waals surface area (Å²) >= 11 is 0. The third kappa shape index (κ3) is 6.08. The molecule has 0 N–H and O–H groups in total. The molecule has 1 rings (SSSR count). The van der Waals surface area contributed by atoms with Crippen molar-refractivity contribution in [1.82, 2.24) is 0 Å². The van der Waals surface area contributed by atoms with Gasteiger partial charge in [-0.2, -0.15) is 0 Å². The van der Waals surface area contributed by atoms with E-state index in [0.717, 1.165) is 32.5 Å². The molecule has 1 heteroatoms. The van der Waals surface area contributed by atoms with Gasteiger partial charge >= 0.3 is 0 Å². The number of rotatable bonds is 7. The fourth-order valence-electron chi connectivity index (χ4n) is 1.44. The fraction of sp³-hybridized carbons (Fsp3) is 0.429. The molecule has 82 valence electrons. The fourth-order valence-corrected chi connectivity index (χ4v) is 1.44. The molecule has 0 radical (unpaired) electrons. The van der Waals surface area contributed by atoms with Crippen LogP contribution >= 0.6 is 0 Å². The summed E-state index contributed by atoms with van der Waals surface area (Å²) in [6, 6.07) is 10.6. The molecule has 0 amide bonds. The Kier molecular flexibility index (Phi) is 6.59. The van der Waals surface area contributed by atoms with E-state index < -0.39 is 0 Å². The number of aryl methyl sites for hydroxylation is 1. The van der Waals surface area contributed by atoms with Gasteiger partial charge in [0.15, 0.2) is 0 Å². The third-order valence-corrected chi connectivity index (χ3v) is 2.26. The zero-order valence-electron chi connectivity index (χ0n) is 9.49. The van der Waals surface area contributed by atoms with Crippen molar-refractivity contribution in [3.05, 3.63) is 48.0 Å². The van der Waals surface area contributed by atoms with Crippen LogP contribution < -0.4 is 0 Å². The van der Waals surface area contributed by atoms with Crippen LogP contribution in [-0.2, 0) is 11.2 Å². The number of ether oxygens (including phenoxy) is 1. The van der Waals surface area contributed by atoms with Crippen LogP contribution in [-0.4, -0.2) is 13.2 Å². The first-order valence-corrected chi connectivity index (χ1v) is 5.66. The van der Waals surface area contributed by atoms with E-state index in [4.69, 9.17) is 4.74 Å². The molecule has 15 heavy (non-hydrogen) atoms. The number of allylic oxidation sites excluding steroid dienone is 1. The third-order valence-electron chi connectivity index (χ3n) is 2.26. The Morgan fingerprint density at radius 1 is 1.13 bits per heavy atom. The standard InChI is InChI=1S/C14H20O/c1-2-3-7-12-15-13-8-11-14-9-5-4-6-10-14/h2-6,9-10H,7-8,11-13H2,1H3. The molecule has 0 fully saturated rings. The van der Waals surface area contributed by atoms with E-state index in [9.17, 15) is 0 Å². The van der Waals surface area contributed by atoms with Crippen molar-refractivity contribution in [3.63, 3.8) is 0 Å². The maximum atomic E-state index is 5.51. The minimum Gasteiger partial charge on any atom is -0.381 e. The highest BCUT2D eigenvalue weighted by molar-refractivity contribution is 5.14. The summed E-state index contributed by atoms with van der Waals surface area (Å²) in [5, 5.41) is 0. The second-order valence-corrected chi connectivity index (χ2v) is 3.56. The summed E-state index contributed by atoms with van der Waals surface area (Å²) in [6.45, 7) is 3.75.